The van der Waals surface area contributed by atoms with Gasteiger partial charge in [-0.15, -0.1) is 0 Å². The van der Waals surface area contributed by atoms with Gasteiger partial charge in [-0.2, -0.15) is 0 Å². The second-order valence-electron chi connectivity index (χ2n) is 5.77. The monoisotopic (exact) mass is 325 g/mol. The zero-order valence-corrected chi connectivity index (χ0v) is 13.7. The lowest BCUT2D eigenvalue weighted by atomic mass is 10.1. The number of rotatable bonds is 2. The molecule has 1 aromatic rings. The Morgan fingerprint density at radius 2 is 2.05 bits per heavy atom. The highest BCUT2D eigenvalue weighted by molar-refractivity contribution is 9.10. The molecular formula is C15H24BrN3. The first-order valence-corrected chi connectivity index (χ1v) is 7.72. The summed E-state index contributed by atoms with van der Waals surface area (Å²) in [5.41, 5.74) is 8.59. The third kappa shape index (κ3) is 3.50. The van der Waals surface area contributed by atoms with Gasteiger partial charge in [0, 0.05) is 42.4 Å². The quantitative estimate of drug-likeness (QED) is 0.906. The lowest BCUT2D eigenvalue weighted by molar-refractivity contribution is 0.244. The molecule has 0 aliphatic carbocycles. The van der Waals surface area contributed by atoms with Crippen LogP contribution in [0, 0.1) is 12.8 Å². The van der Waals surface area contributed by atoms with Crippen LogP contribution in [0.4, 0.5) is 5.69 Å². The van der Waals surface area contributed by atoms with Crippen LogP contribution in [-0.4, -0.2) is 44.2 Å². The zero-order chi connectivity index (χ0) is 14.0. The van der Waals surface area contributed by atoms with E-state index in [-0.39, 0.29) is 0 Å². The van der Waals surface area contributed by atoms with E-state index < -0.39 is 0 Å². The number of aryl methyl sites for hydroxylation is 1. The van der Waals surface area contributed by atoms with Crippen molar-refractivity contribution < 1.29 is 0 Å². The molecule has 2 unspecified atom stereocenters. The molecule has 1 aliphatic heterocycles. The zero-order valence-electron chi connectivity index (χ0n) is 12.1. The molecule has 0 saturated carbocycles. The van der Waals surface area contributed by atoms with Crippen LogP contribution >= 0.6 is 15.9 Å². The van der Waals surface area contributed by atoms with Gasteiger partial charge in [-0.1, -0.05) is 22.9 Å². The van der Waals surface area contributed by atoms with E-state index in [9.17, 15) is 0 Å². The molecule has 106 valence electrons. The second kappa shape index (κ2) is 6.25. The Kier molecular flexibility index (Phi) is 4.87. The Bertz CT molecular complexity index is 435. The van der Waals surface area contributed by atoms with E-state index in [1.54, 1.807) is 0 Å². The first-order chi connectivity index (χ1) is 9.01. The lowest BCUT2D eigenvalue weighted by Crippen LogP contribution is -2.44. The fourth-order valence-electron chi connectivity index (χ4n) is 2.97. The van der Waals surface area contributed by atoms with Gasteiger partial charge in [0.05, 0.1) is 0 Å². The SMILES string of the molecule is Cc1cc(Br)ccc1N1CC(C)CN(C)C(CN)C1. The summed E-state index contributed by atoms with van der Waals surface area (Å²) >= 11 is 3.54. The molecule has 2 N–H and O–H groups in total. The van der Waals surface area contributed by atoms with Gasteiger partial charge in [0.25, 0.3) is 0 Å². The largest absolute Gasteiger partial charge is 0.369 e. The molecule has 0 bridgehead atoms. The minimum absolute atomic E-state index is 0.438. The van der Waals surface area contributed by atoms with Gasteiger partial charge >= 0.3 is 0 Å². The average molecular weight is 326 g/mol. The second-order valence-corrected chi connectivity index (χ2v) is 6.69. The number of nitrogens with two attached hydrogens (primary N) is 1. The first kappa shape index (κ1) is 14.8. The molecule has 2 atom stereocenters. The van der Waals surface area contributed by atoms with Crippen molar-refractivity contribution in [3.63, 3.8) is 0 Å². The number of benzene rings is 1. The molecule has 1 aliphatic rings. The molecule has 0 aromatic heterocycles. The molecule has 19 heavy (non-hydrogen) atoms. The van der Waals surface area contributed by atoms with Crippen molar-refractivity contribution in [1.29, 1.82) is 0 Å². The molecule has 3 nitrogen and oxygen atoms in total. The van der Waals surface area contributed by atoms with E-state index in [1.165, 1.54) is 11.3 Å². The van der Waals surface area contributed by atoms with E-state index in [0.717, 1.165) is 30.7 Å². The highest BCUT2D eigenvalue weighted by Crippen LogP contribution is 2.26. The van der Waals surface area contributed by atoms with Crippen LogP contribution in [0.1, 0.15) is 12.5 Å². The Balaban J connectivity index is 2.26. The van der Waals surface area contributed by atoms with Crippen molar-refractivity contribution in [3.8, 4) is 0 Å². The van der Waals surface area contributed by atoms with Gasteiger partial charge in [0.1, 0.15) is 0 Å². The van der Waals surface area contributed by atoms with Crippen molar-refractivity contribution in [2.75, 3.05) is 38.1 Å². The highest BCUT2D eigenvalue weighted by Gasteiger charge is 2.25. The maximum atomic E-state index is 5.94. The van der Waals surface area contributed by atoms with E-state index in [0.29, 0.717) is 12.0 Å². The molecule has 2 rings (SSSR count). The Morgan fingerprint density at radius 3 is 2.68 bits per heavy atom. The number of likely N-dealkylation sites (N-methyl/N-ethyl adjacent to an activating group) is 1. The predicted molar refractivity (Wildman–Crippen MR) is 85.7 cm³/mol. The maximum absolute atomic E-state index is 5.94. The summed E-state index contributed by atoms with van der Waals surface area (Å²) in [4.78, 5) is 4.90. The fraction of sp³-hybridized carbons (Fsp3) is 0.600. The number of halogens is 1. The Hall–Kier alpha value is -0.580. The number of nitrogens with zero attached hydrogens (tertiary/aromatic N) is 2. The summed E-state index contributed by atoms with van der Waals surface area (Å²) < 4.78 is 1.14. The fourth-order valence-corrected chi connectivity index (χ4v) is 3.44. The minimum atomic E-state index is 0.438. The van der Waals surface area contributed by atoms with Gasteiger partial charge < -0.3 is 15.5 Å². The first-order valence-electron chi connectivity index (χ1n) is 6.92. The van der Waals surface area contributed by atoms with Gasteiger partial charge in [-0.05, 0) is 43.7 Å². The van der Waals surface area contributed by atoms with E-state index in [1.807, 2.05) is 0 Å². The van der Waals surface area contributed by atoms with Crippen molar-refractivity contribution in [2.45, 2.75) is 19.9 Å². The van der Waals surface area contributed by atoms with E-state index >= 15 is 0 Å². The standard InChI is InChI=1S/C15H24BrN3/c1-11-8-18(3)14(7-17)10-19(9-11)15-5-4-13(16)6-12(15)2/h4-6,11,14H,7-10,17H2,1-3H3. The summed E-state index contributed by atoms with van der Waals surface area (Å²) in [6, 6.07) is 6.96. The van der Waals surface area contributed by atoms with Crippen LogP contribution in [0.2, 0.25) is 0 Å². The van der Waals surface area contributed by atoms with Crippen LogP contribution in [-0.2, 0) is 0 Å². The van der Waals surface area contributed by atoms with Crippen LogP contribution in [0.3, 0.4) is 0 Å². The molecular weight excluding hydrogens is 302 g/mol. The van der Waals surface area contributed by atoms with Crippen LogP contribution in [0.15, 0.2) is 22.7 Å². The molecule has 4 heteroatoms. The topological polar surface area (TPSA) is 32.5 Å². The summed E-state index contributed by atoms with van der Waals surface area (Å²) in [6.45, 7) is 8.44. The molecule has 0 amide bonds. The summed E-state index contributed by atoms with van der Waals surface area (Å²) in [7, 11) is 2.19. The molecule has 0 spiro atoms. The maximum Gasteiger partial charge on any atom is 0.0397 e. The van der Waals surface area contributed by atoms with Crippen LogP contribution in [0.5, 0.6) is 0 Å². The van der Waals surface area contributed by atoms with E-state index in [2.05, 4.69) is 64.8 Å². The van der Waals surface area contributed by atoms with Crippen molar-refractivity contribution in [1.82, 2.24) is 4.90 Å². The molecule has 1 saturated heterocycles. The Morgan fingerprint density at radius 1 is 1.32 bits per heavy atom. The predicted octanol–water partition coefficient (Wildman–Crippen LogP) is 2.47. The summed E-state index contributed by atoms with van der Waals surface area (Å²) in [5.74, 6) is 0.657. The molecule has 0 radical (unpaired) electrons. The smallest absolute Gasteiger partial charge is 0.0397 e. The summed E-state index contributed by atoms with van der Waals surface area (Å²) in [5, 5.41) is 0. The average Bonchev–Trinajstić information content (AvgIpc) is 2.47. The molecule has 1 heterocycles. The van der Waals surface area contributed by atoms with Crippen LogP contribution in [0.25, 0.3) is 0 Å². The molecule has 1 fully saturated rings. The van der Waals surface area contributed by atoms with Gasteiger partial charge in [0.15, 0.2) is 0 Å². The third-order valence-electron chi connectivity index (χ3n) is 3.96. The van der Waals surface area contributed by atoms with E-state index in [4.69, 9.17) is 5.73 Å². The molecule has 1 aromatic carbocycles. The normalized spacial score (nSPS) is 25.4. The highest BCUT2D eigenvalue weighted by atomic mass is 79.9. The van der Waals surface area contributed by atoms with Crippen molar-refractivity contribution in [2.24, 2.45) is 11.7 Å². The van der Waals surface area contributed by atoms with Gasteiger partial charge in [-0.3, -0.25) is 0 Å². The number of hydrogen-bond acceptors (Lipinski definition) is 3. The minimum Gasteiger partial charge on any atom is -0.369 e. The lowest BCUT2D eigenvalue weighted by Gasteiger charge is -2.30. The number of hydrogen-bond donors (Lipinski definition) is 1. The number of anilines is 1. The van der Waals surface area contributed by atoms with Crippen LogP contribution < -0.4 is 10.6 Å². The van der Waals surface area contributed by atoms with Gasteiger partial charge in [-0.25, -0.2) is 0 Å². The Labute approximate surface area is 124 Å². The van der Waals surface area contributed by atoms with Crippen molar-refractivity contribution >= 4 is 21.6 Å². The summed E-state index contributed by atoms with van der Waals surface area (Å²) in [6.07, 6.45) is 0. The third-order valence-corrected chi connectivity index (χ3v) is 4.45. The van der Waals surface area contributed by atoms with Crippen molar-refractivity contribution in [3.05, 3.63) is 28.2 Å². The van der Waals surface area contributed by atoms with Gasteiger partial charge in [0.2, 0.25) is 0 Å².